The third kappa shape index (κ3) is 3.19. The predicted octanol–water partition coefficient (Wildman–Crippen LogP) is 0.458. The van der Waals surface area contributed by atoms with Crippen molar-refractivity contribution in [2.45, 2.75) is 4.90 Å². The third-order valence-corrected chi connectivity index (χ3v) is 2.53. The molecule has 1 aromatic carbocycles. The van der Waals surface area contributed by atoms with Gasteiger partial charge in [-0.1, -0.05) is 12.6 Å². The molecule has 0 aliphatic carbocycles. The Kier molecular flexibility index (Phi) is 3.23. The number of carbonyl (C=O) groups is 1. The van der Waals surface area contributed by atoms with Gasteiger partial charge in [0, 0.05) is 5.69 Å². The van der Waals surface area contributed by atoms with Gasteiger partial charge < -0.3 is 5.32 Å². The molecule has 15 heavy (non-hydrogen) atoms. The van der Waals surface area contributed by atoms with Gasteiger partial charge in [-0.25, -0.2) is 13.6 Å². The predicted molar refractivity (Wildman–Crippen MR) is 56.6 cm³/mol. The second kappa shape index (κ2) is 4.24. The summed E-state index contributed by atoms with van der Waals surface area (Å²) in [5.74, 6) is -0.415. The molecular weight excluding hydrogens is 216 g/mol. The topological polar surface area (TPSA) is 89.3 Å². The molecule has 0 aliphatic heterocycles. The Balaban J connectivity index is 3.03. The molecular formula is C9H10N2O3S. The van der Waals surface area contributed by atoms with Crippen molar-refractivity contribution in [1.82, 2.24) is 0 Å². The lowest BCUT2D eigenvalue weighted by Crippen LogP contribution is -2.13. The number of primary sulfonamides is 1. The quantitative estimate of drug-likeness (QED) is 0.733. The number of benzene rings is 1. The Labute approximate surface area is 87.6 Å². The van der Waals surface area contributed by atoms with Crippen LogP contribution in [-0.4, -0.2) is 14.3 Å². The molecule has 1 rings (SSSR count). The molecule has 0 heterocycles. The van der Waals surface area contributed by atoms with Crippen molar-refractivity contribution < 1.29 is 13.2 Å². The van der Waals surface area contributed by atoms with Crippen LogP contribution in [0.3, 0.4) is 0 Å². The van der Waals surface area contributed by atoms with Crippen LogP contribution in [0.5, 0.6) is 0 Å². The first-order valence-electron chi connectivity index (χ1n) is 4.00. The van der Waals surface area contributed by atoms with Gasteiger partial charge in [-0.05, 0) is 24.3 Å². The minimum Gasteiger partial charge on any atom is -0.322 e. The summed E-state index contributed by atoms with van der Waals surface area (Å²) < 4.78 is 22.0. The normalized spacial score (nSPS) is 10.7. The number of carbonyl (C=O) groups excluding carboxylic acids is 1. The maximum Gasteiger partial charge on any atom is 0.247 e. The fraction of sp³-hybridized carbons (Fsp3) is 0. The van der Waals surface area contributed by atoms with Gasteiger partial charge in [-0.2, -0.15) is 0 Å². The minimum absolute atomic E-state index is 0.0515. The molecule has 5 nitrogen and oxygen atoms in total. The van der Waals surface area contributed by atoms with Gasteiger partial charge in [-0.15, -0.1) is 0 Å². The summed E-state index contributed by atoms with van der Waals surface area (Å²) in [6.45, 7) is 3.27. The van der Waals surface area contributed by atoms with Crippen LogP contribution in [-0.2, 0) is 14.8 Å². The molecule has 0 spiro atoms. The van der Waals surface area contributed by atoms with E-state index < -0.39 is 15.9 Å². The van der Waals surface area contributed by atoms with Crippen LogP contribution in [0.1, 0.15) is 0 Å². The lowest BCUT2D eigenvalue weighted by atomic mass is 10.3. The van der Waals surface area contributed by atoms with E-state index in [1.54, 1.807) is 6.07 Å². The molecule has 0 aliphatic rings. The van der Waals surface area contributed by atoms with E-state index in [0.29, 0.717) is 5.69 Å². The maximum absolute atomic E-state index is 11.0. The first-order valence-corrected chi connectivity index (χ1v) is 5.54. The Bertz CT molecular complexity index is 494. The highest BCUT2D eigenvalue weighted by Gasteiger charge is 2.08. The molecule has 0 unspecified atom stereocenters. The van der Waals surface area contributed by atoms with Crippen molar-refractivity contribution >= 4 is 21.6 Å². The van der Waals surface area contributed by atoms with Gasteiger partial charge in [-0.3, -0.25) is 4.79 Å². The molecule has 3 N–H and O–H groups in total. The molecule has 1 amide bonds. The van der Waals surface area contributed by atoms with E-state index in [4.69, 9.17) is 5.14 Å². The van der Waals surface area contributed by atoms with E-state index >= 15 is 0 Å². The van der Waals surface area contributed by atoms with Crippen molar-refractivity contribution in [3.63, 3.8) is 0 Å². The Morgan fingerprint density at radius 3 is 2.67 bits per heavy atom. The van der Waals surface area contributed by atoms with E-state index in [-0.39, 0.29) is 4.90 Å². The fourth-order valence-corrected chi connectivity index (χ4v) is 1.50. The van der Waals surface area contributed by atoms with Crippen LogP contribution in [0, 0.1) is 0 Å². The van der Waals surface area contributed by atoms with E-state index in [1.165, 1.54) is 18.2 Å². The van der Waals surface area contributed by atoms with Crippen LogP contribution >= 0.6 is 0 Å². The average molecular weight is 226 g/mol. The summed E-state index contributed by atoms with van der Waals surface area (Å²) in [6.07, 6.45) is 1.09. The summed E-state index contributed by atoms with van der Waals surface area (Å²) in [4.78, 5) is 10.9. The van der Waals surface area contributed by atoms with E-state index in [2.05, 4.69) is 11.9 Å². The zero-order valence-electron chi connectivity index (χ0n) is 7.80. The van der Waals surface area contributed by atoms with E-state index in [9.17, 15) is 13.2 Å². The minimum atomic E-state index is -3.74. The zero-order valence-corrected chi connectivity index (χ0v) is 8.62. The second-order valence-corrected chi connectivity index (χ2v) is 4.33. The highest BCUT2D eigenvalue weighted by Crippen LogP contribution is 2.13. The molecule has 1 aromatic rings. The van der Waals surface area contributed by atoms with Crippen molar-refractivity contribution in [2.24, 2.45) is 5.14 Å². The second-order valence-electron chi connectivity index (χ2n) is 2.77. The lowest BCUT2D eigenvalue weighted by Gasteiger charge is -2.03. The molecule has 0 radical (unpaired) electrons. The number of rotatable bonds is 3. The Morgan fingerprint density at radius 1 is 1.47 bits per heavy atom. The van der Waals surface area contributed by atoms with Crippen molar-refractivity contribution in [3.05, 3.63) is 36.9 Å². The fourth-order valence-electron chi connectivity index (χ4n) is 0.944. The monoisotopic (exact) mass is 226 g/mol. The molecule has 0 saturated heterocycles. The molecule has 0 bridgehead atoms. The number of anilines is 1. The number of hydrogen-bond donors (Lipinski definition) is 2. The summed E-state index contributed by atoms with van der Waals surface area (Å²) in [5, 5.41) is 7.36. The van der Waals surface area contributed by atoms with Gasteiger partial charge in [0.1, 0.15) is 0 Å². The molecule has 80 valence electrons. The highest BCUT2D eigenvalue weighted by atomic mass is 32.2. The summed E-state index contributed by atoms with van der Waals surface area (Å²) >= 11 is 0. The van der Waals surface area contributed by atoms with Crippen molar-refractivity contribution in [3.8, 4) is 0 Å². The number of sulfonamides is 1. The maximum atomic E-state index is 11.0. The van der Waals surface area contributed by atoms with Crippen molar-refractivity contribution in [1.29, 1.82) is 0 Å². The third-order valence-electron chi connectivity index (χ3n) is 1.62. The summed E-state index contributed by atoms with van der Waals surface area (Å²) in [6, 6.07) is 5.66. The Hall–Kier alpha value is -1.66. The zero-order chi connectivity index (χ0) is 11.5. The molecule has 0 atom stereocenters. The molecule has 0 saturated carbocycles. The first-order chi connectivity index (χ1) is 6.93. The van der Waals surface area contributed by atoms with Gasteiger partial charge in [0.05, 0.1) is 4.90 Å². The number of nitrogens with two attached hydrogens (primary N) is 1. The van der Waals surface area contributed by atoms with Gasteiger partial charge in [0.2, 0.25) is 15.9 Å². The standard InChI is InChI=1S/C9H10N2O3S/c1-2-9(12)11-7-4-3-5-8(6-7)15(10,13)14/h2-6H,1H2,(H,11,12)(H2,10,13,14). The highest BCUT2D eigenvalue weighted by molar-refractivity contribution is 7.89. The largest absolute Gasteiger partial charge is 0.322 e. The number of hydrogen-bond acceptors (Lipinski definition) is 3. The van der Waals surface area contributed by atoms with Gasteiger partial charge >= 0.3 is 0 Å². The Morgan fingerprint density at radius 2 is 2.13 bits per heavy atom. The van der Waals surface area contributed by atoms with Crippen LogP contribution in [0.2, 0.25) is 0 Å². The van der Waals surface area contributed by atoms with Crippen molar-refractivity contribution in [2.75, 3.05) is 5.32 Å². The van der Waals surface area contributed by atoms with Crippen LogP contribution in [0.15, 0.2) is 41.8 Å². The number of amides is 1. The van der Waals surface area contributed by atoms with E-state index in [1.807, 2.05) is 0 Å². The van der Waals surface area contributed by atoms with Gasteiger partial charge in [0.25, 0.3) is 0 Å². The summed E-state index contributed by atoms with van der Waals surface area (Å²) in [7, 11) is -3.74. The van der Waals surface area contributed by atoms with Crippen LogP contribution in [0.4, 0.5) is 5.69 Å². The van der Waals surface area contributed by atoms with E-state index in [0.717, 1.165) is 6.08 Å². The average Bonchev–Trinajstić information content (AvgIpc) is 2.17. The molecule has 0 fully saturated rings. The molecule has 0 aromatic heterocycles. The smallest absolute Gasteiger partial charge is 0.247 e. The number of nitrogens with one attached hydrogen (secondary N) is 1. The van der Waals surface area contributed by atoms with Crippen LogP contribution < -0.4 is 10.5 Å². The summed E-state index contributed by atoms with van der Waals surface area (Å²) in [5.41, 5.74) is 0.353. The SMILES string of the molecule is C=CC(=O)Nc1cccc(S(N)(=O)=O)c1. The van der Waals surface area contributed by atoms with Gasteiger partial charge in [0.15, 0.2) is 0 Å². The first kappa shape index (κ1) is 11.4. The molecule has 6 heteroatoms. The lowest BCUT2D eigenvalue weighted by molar-refractivity contribution is -0.111. The van der Waals surface area contributed by atoms with Crippen LogP contribution in [0.25, 0.3) is 0 Å².